The highest BCUT2D eigenvalue weighted by Gasteiger charge is 2.18. The summed E-state index contributed by atoms with van der Waals surface area (Å²) in [5, 5.41) is 2.71. The molecule has 27 heavy (non-hydrogen) atoms. The Morgan fingerprint density at radius 2 is 1.78 bits per heavy atom. The fourth-order valence-electron chi connectivity index (χ4n) is 2.42. The van der Waals surface area contributed by atoms with E-state index >= 15 is 0 Å². The normalized spacial score (nSPS) is 12.3. The van der Waals surface area contributed by atoms with Gasteiger partial charge in [-0.3, -0.25) is 9.52 Å². The maximum Gasteiger partial charge on any atom is 0.262 e. The summed E-state index contributed by atoms with van der Waals surface area (Å²) in [5.74, 6) is 0.424. The molecule has 1 unspecified atom stereocenters. The number of amides is 1. The lowest BCUT2D eigenvalue weighted by Gasteiger charge is -2.13. The summed E-state index contributed by atoms with van der Waals surface area (Å²) in [6, 6.07) is 11.3. The van der Waals surface area contributed by atoms with Crippen LogP contribution < -0.4 is 20.5 Å². The van der Waals surface area contributed by atoms with Gasteiger partial charge >= 0.3 is 0 Å². The quantitative estimate of drug-likeness (QED) is 0.641. The molecule has 0 fully saturated rings. The minimum atomic E-state index is -3.81. The third kappa shape index (κ3) is 5.97. The van der Waals surface area contributed by atoms with Gasteiger partial charge in [0.1, 0.15) is 5.75 Å². The number of carbonyl (C=O) groups excluding carboxylic acids is 1. The molecular weight excluding hydrogens is 366 g/mol. The molecule has 0 aliphatic heterocycles. The Morgan fingerprint density at radius 1 is 1.15 bits per heavy atom. The SMILES string of the molecule is COc1ccc(NS(=O)(=O)c2cc(NC(=O)CCC(C)N)ccc2C)cc1. The zero-order valence-electron chi connectivity index (χ0n) is 15.7. The molecule has 0 heterocycles. The van der Waals surface area contributed by atoms with E-state index in [1.54, 1.807) is 43.3 Å². The van der Waals surface area contributed by atoms with Gasteiger partial charge in [-0.2, -0.15) is 0 Å². The number of benzene rings is 2. The fourth-order valence-corrected chi connectivity index (χ4v) is 3.75. The topological polar surface area (TPSA) is 111 Å². The molecule has 8 heteroatoms. The predicted octanol–water partition coefficient (Wildman–Crippen LogP) is 2.87. The van der Waals surface area contributed by atoms with Crippen molar-refractivity contribution in [3.8, 4) is 5.75 Å². The minimum Gasteiger partial charge on any atom is -0.497 e. The second-order valence-electron chi connectivity index (χ2n) is 6.38. The smallest absolute Gasteiger partial charge is 0.262 e. The number of carbonyl (C=O) groups is 1. The third-order valence-electron chi connectivity index (χ3n) is 3.93. The van der Waals surface area contributed by atoms with Crippen LogP contribution in [0.4, 0.5) is 11.4 Å². The number of aryl methyl sites for hydroxylation is 1. The molecule has 0 saturated carbocycles. The summed E-state index contributed by atoms with van der Waals surface area (Å²) in [5.41, 5.74) is 7.06. The molecule has 0 saturated heterocycles. The Balaban J connectivity index is 2.18. The standard InChI is InChI=1S/C19H25N3O4S/c1-13-4-6-16(21-19(23)11-5-14(2)20)12-18(13)27(24,25)22-15-7-9-17(26-3)10-8-15/h4,6-10,12,14,22H,5,11,20H2,1-3H3,(H,21,23). The van der Waals surface area contributed by atoms with Crippen molar-refractivity contribution in [2.75, 3.05) is 17.1 Å². The lowest BCUT2D eigenvalue weighted by Crippen LogP contribution is -2.20. The largest absolute Gasteiger partial charge is 0.497 e. The van der Waals surface area contributed by atoms with Crippen molar-refractivity contribution in [2.24, 2.45) is 5.73 Å². The molecule has 4 N–H and O–H groups in total. The van der Waals surface area contributed by atoms with E-state index in [-0.39, 0.29) is 23.3 Å². The number of sulfonamides is 1. The summed E-state index contributed by atoms with van der Waals surface area (Å²) in [4.78, 5) is 12.1. The van der Waals surface area contributed by atoms with Gasteiger partial charge in [0, 0.05) is 23.8 Å². The van der Waals surface area contributed by atoms with Crippen LogP contribution in [-0.2, 0) is 14.8 Å². The Morgan fingerprint density at radius 3 is 2.37 bits per heavy atom. The number of nitrogens with one attached hydrogen (secondary N) is 2. The summed E-state index contributed by atoms with van der Waals surface area (Å²) in [6.45, 7) is 3.53. The monoisotopic (exact) mass is 391 g/mol. The average molecular weight is 391 g/mol. The number of methoxy groups -OCH3 is 1. The van der Waals surface area contributed by atoms with Crippen molar-refractivity contribution in [3.05, 3.63) is 48.0 Å². The lowest BCUT2D eigenvalue weighted by atomic mass is 10.2. The summed E-state index contributed by atoms with van der Waals surface area (Å²) < 4.78 is 33.1. The molecule has 0 radical (unpaired) electrons. The molecule has 0 aliphatic rings. The number of hydrogen-bond acceptors (Lipinski definition) is 5. The van der Waals surface area contributed by atoms with E-state index in [9.17, 15) is 13.2 Å². The van der Waals surface area contributed by atoms with Gasteiger partial charge in [0.05, 0.1) is 12.0 Å². The van der Waals surface area contributed by atoms with E-state index in [2.05, 4.69) is 10.0 Å². The molecule has 0 bridgehead atoms. The predicted molar refractivity (Wildman–Crippen MR) is 106 cm³/mol. The molecule has 2 aromatic carbocycles. The number of rotatable bonds is 8. The van der Waals surface area contributed by atoms with Gasteiger partial charge in [0.25, 0.3) is 10.0 Å². The number of nitrogens with two attached hydrogens (primary N) is 1. The first-order valence-electron chi connectivity index (χ1n) is 8.54. The van der Waals surface area contributed by atoms with E-state index in [1.165, 1.54) is 13.2 Å². The Kier molecular flexibility index (Phi) is 6.81. The van der Waals surface area contributed by atoms with Crippen molar-refractivity contribution in [3.63, 3.8) is 0 Å². The van der Waals surface area contributed by atoms with Crippen LogP contribution in [-0.4, -0.2) is 27.5 Å². The Hall–Kier alpha value is -2.58. The molecule has 1 atom stereocenters. The second kappa shape index (κ2) is 8.88. The molecule has 2 aromatic rings. The van der Waals surface area contributed by atoms with E-state index in [0.29, 0.717) is 29.1 Å². The first-order valence-corrected chi connectivity index (χ1v) is 10.0. The maximum absolute atomic E-state index is 12.8. The highest BCUT2D eigenvalue weighted by molar-refractivity contribution is 7.92. The van der Waals surface area contributed by atoms with Crippen molar-refractivity contribution in [1.82, 2.24) is 0 Å². The summed E-state index contributed by atoms with van der Waals surface area (Å²) in [7, 11) is -2.27. The van der Waals surface area contributed by atoms with Gasteiger partial charge in [-0.15, -0.1) is 0 Å². The van der Waals surface area contributed by atoms with Gasteiger partial charge in [-0.1, -0.05) is 6.07 Å². The molecule has 0 aliphatic carbocycles. The van der Waals surface area contributed by atoms with Crippen LogP contribution in [0.25, 0.3) is 0 Å². The van der Waals surface area contributed by atoms with Crippen LogP contribution in [0, 0.1) is 6.92 Å². The molecular formula is C19H25N3O4S. The highest BCUT2D eigenvalue weighted by Crippen LogP contribution is 2.24. The number of anilines is 2. The van der Waals surface area contributed by atoms with Gasteiger partial charge < -0.3 is 15.8 Å². The minimum absolute atomic E-state index is 0.0709. The summed E-state index contributed by atoms with van der Waals surface area (Å²) >= 11 is 0. The Labute approximate surface area is 160 Å². The van der Waals surface area contributed by atoms with E-state index in [4.69, 9.17) is 10.5 Å². The molecule has 2 rings (SSSR count). The molecule has 146 valence electrons. The summed E-state index contributed by atoms with van der Waals surface area (Å²) in [6.07, 6.45) is 0.833. The van der Waals surface area contributed by atoms with E-state index in [0.717, 1.165) is 0 Å². The van der Waals surface area contributed by atoms with Gasteiger partial charge in [0.2, 0.25) is 5.91 Å². The number of ether oxygens (including phenoxy) is 1. The molecule has 0 aromatic heterocycles. The van der Waals surface area contributed by atoms with Crippen molar-refractivity contribution in [1.29, 1.82) is 0 Å². The van der Waals surface area contributed by atoms with Crippen LogP contribution in [0.5, 0.6) is 5.75 Å². The van der Waals surface area contributed by atoms with Gasteiger partial charge in [0.15, 0.2) is 0 Å². The zero-order valence-corrected chi connectivity index (χ0v) is 16.5. The van der Waals surface area contributed by atoms with E-state index in [1.807, 2.05) is 6.92 Å². The highest BCUT2D eigenvalue weighted by atomic mass is 32.2. The van der Waals surface area contributed by atoms with Crippen LogP contribution in [0.1, 0.15) is 25.3 Å². The molecule has 0 spiro atoms. The van der Waals surface area contributed by atoms with Gasteiger partial charge in [-0.05, 0) is 62.2 Å². The van der Waals surface area contributed by atoms with Crippen LogP contribution in [0.3, 0.4) is 0 Å². The first kappa shape index (κ1) is 20.7. The average Bonchev–Trinajstić information content (AvgIpc) is 2.62. The first-order chi connectivity index (χ1) is 12.7. The molecule has 7 nitrogen and oxygen atoms in total. The van der Waals surface area contributed by atoms with Crippen LogP contribution in [0.2, 0.25) is 0 Å². The zero-order chi connectivity index (χ0) is 20.0. The van der Waals surface area contributed by atoms with Crippen LogP contribution in [0.15, 0.2) is 47.4 Å². The second-order valence-corrected chi connectivity index (χ2v) is 8.03. The molecule has 1 amide bonds. The fraction of sp³-hybridized carbons (Fsp3) is 0.316. The van der Waals surface area contributed by atoms with E-state index < -0.39 is 10.0 Å². The van der Waals surface area contributed by atoms with Crippen molar-refractivity contribution >= 4 is 27.3 Å². The van der Waals surface area contributed by atoms with Crippen LogP contribution >= 0.6 is 0 Å². The van der Waals surface area contributed by atoms with Crippen molar-refractivity contribution < 1.29 is 17.9 Å². The lowest BCUT2D eigenvalue weighted by molar-refractivity contribution is -0.116. The Bertz CT molecular complexity index is 894. The number of hydrogen-bond donors (Lipinski definition) is 3. The maximum atomic E-state index is 12.8. The van der Waals surface area contributed by atoms with Crippen molar-refractivity contribution in [2.45, 2.75) is 37.6 Å². The third-order valence-corrected chi connectivity index (χ3v) is 5.45. The van der Waals surface area contributed by atoms with Gasteiger partial charge in [-0.25, -0.2) is 8.42 Å².